The largest absolute Gasteiger partial charge is 0.309 e. The van der Waals surface area contributed by atoms with Crippen molar-refractivity contribution in [2.45, 2.75) is 53.1 Å². The first kappa shape index (κ1) is 13.6. The number of fused-ring (bicyclic) bond motifs is 1. The maximum Gasteiger partial charge on any atom is 0.194 e. The zero-order chi connectivity index (χ0) is 13.1. The van der Waals surface area contributed by atoms with Gasteiger partial charge in [0.15, 0.2) is 4.96 Å². The number of aromatic nitrogens is 2. The summed E-state index contributed by atoms with van der Waals surface area (Å²) in [5, 5.41) is 5.70. The highest BCUT2D eigenvalue weighted by atomic mass is 32.1. The highest BCUT2D eigenvalue weighted by molar-refractivity contribution is 7.15. The summed E-state index contributed by atoms with van der Waals surface area (Å²) in [5.41, 5.74) is 2.44. The second-order valence-corrected chi connectivity index (χ2v) is 6.33. The molecule has 2 heterocycles. The van der Waals surface area contributed by atoms with Crippen LogP contribution in [0.4, 0.5) is 0 Å². The number of imidazole rings is 1. The topological polar surface area (TPSA) is 29.3 Å². The van der Waals surface area contributed by atoms with Gasteiger partial charge in [-0.25, -0.2) is 4.98 Å². The van der Waals surface area contributed by atoms with Crippen LogP contribution in [0.25, 0.3) is 4.96 Å². The molecule has 0 spiro atoms. The van der Waals surface area contributed by atoms with Gasteiger partial charge in [-0.3, -0.25) is 4.40 Å². The maximum atomic E-state index is 4.57. The molecule has 0 aromatic carbocycles. The van der Waals surface area contributed by atoms with Crippen LogP contribution in [0, 0.1) is 12.8 Å². The molecule has 2 aromatic heterocycles. The van der Waals surface area contributed by atoms with Crippen LogP contribution >= 0.6 is 11.3 Å². The molecule has 0 aliphatic heterocycles. The van der Waals surface area contributed by atoms with Gasteiger partial charge in [0.1, 0.15) is 0 Å². The molecule has 3 nitrogen and oxygen atoms in total. The minimum atomic E-state index is 0.566. The van der Waals surface area contributed by atoms with Gasteiger partial charge in [-0.2, -0.15) is 0 Å². The van der Waals surface area contributed by atoms with Crippen molar-refractivity contribution in [2.75, 3.05) is 0 Å². The van der Waals surface area contributed by atoms with Crippen molar-refractivity contribution in [3.05, 3.63) is 23.0 Å². The zero-order valence-electron chi connectivity index (χ0n) is 11.7. The van der Waals surface area contributed by atoms with Gasteiger partial charge in [0.05, 0.1) is 11.4 Å². The summed E-state index contributed by atoms with van der Waals surface area (Å²) in [7, 11) is 0. The fourth-order valence-electron chi connectivity index (χ4n) is 2.11. The molecular formula is C14H23N3S. The average molecular weight is 265 g/mol. The number of thiazole rings is 1. The van der Waals surface area contributed by atoms with Crippen LogP contribution in [0.2, 0.25) is 0 Å². The third-order valence-electron chi connectivity index (χ3n) is 3.36. The summed E-state index contributed by atoms with van der Waals surface area (Å²) in [6.45, 7) is 9.83. The number of nitrogens with one attached hydrogen (secondary N) is 1. The second kappa shape index (κ2) is 5.85. The predicted molar refractivity (Wildman–Crippen MR) is 78.2 cm³/mol. The van der Waals surface area contributed by atoms with Crippen molar-refractivity contribution in [1.82, 2.24) is 14.7 Å². The van der Waals surface area contributed by atoms with E-state index in [1.165, 1.54) is 18.5 Å². The molecule has 0 saturated carbocycles. The predicted octanol–water partition coefficient (Wildman–Crippen LogP) is 3.62. The Hall–Kier alpha value is -0.870. The summed E-state index contributed by atoms with van der Waals surface area (Å²) >= 11 is 1.69. The van der Waals surface area contributed by atoms with Gasteiger partial charge >= 0.3 is 0 Å². The first-order chi connectivity index (χ1) is 8.58. The molecule has 1 atom stereocenters. The first-order valence-corrected chi connectivity index (χ1v) is 7.60. The van der Waals surface area contributed by atoms with Crippen LogP contribution in [0.3, 0.4) is 0 Å². The lowest BCUT2D eigenvalue weighted by atomic mass is 10.0. The highest BCUT2D eigenvalue weighted by Gasteiger charge is 2.10. The highest BCUT2D eigenvalue weighted by Crippen LogP contribution is 2.17. The minimum absolute atomic E-state index is 0.566. The van der Waals surface area contributed by atoms with Crippen molar-refractivity contribution in [2.24, 2.45) is 5.92 Å². The Kier molecular flexibility index (Phi) is 4.40. The molecular weight excluding hydrogens is 242 g/mol. The molecule has 4 heteroatoms. The minimum Gasteiger partial charge on any atom is -0.309 e. The molecule has 18 heavy (non-hydrogen) atoms. The third-order valence-corrected chi connectivity index (χ3v) is 4.11. The molecule has 0 aliphatic rings. The van der Waals surface area contributed by atoms with Gasteiger partial charge in [-0.05, 0) is 32.6 Å². The van der Waals surface area contributed by atoms with E-state index < -0.39 is 0 Å². The van der Waals surface area contributed by atoms with Gasteiger partial charge in [-0.1, -0.05) is 13.8 Å². The standard InChI is InChI=1S/C14H23N3S/c1-10(2)5-6-11(3)15-9-13-12(4)16-14-17(13)7-8-18-14/h7-8,10-11,15H,5-6,9H2,1-4H3. The molecule has 1 unspecified atom stereocenters. The van der Waals surface area contributed by atoms with Crippen molar-refractivity contribution >= 4 is 16.3 Å². The average Bonchev–Trinajstić information content (AvgIpc) is 2.84. The van der Waals surface area contributed by atoms with E-state index >= 15 is 0 Å². The lowest BCUT2D eigenvalue weighted by molar-refractivity contribution is 0.448. The van der Waals surface area contributed by atoms with Crippen LogP contribution in [0.1, 0.15) is 45.0 Å². The summed E-state index contributed by atoms with van der Waals surface area (Å²) in [5.74, 6) is 0.787. The van der Waals surface area contributed by atoms with E-state index in [0.717, 1.165) is 23.1 Å². The van der Waals surface area contributed by atoms with E-state index in [4.69, 9.17) is 0 Å². The quantitative estimate of drug-likeness (QED) is 0.864. The summed E-state index contributed by atoms with van der Waals surface area (Å²) in [4.78, 5) is 5.66. The van der Waals surface area contributed by atoms with Crippen molar-refractivity contribution in [3.63, 3.8) is 0 Å². The molecule has 0 amide bonds. The Bertz CT molecular complexity index is 498. The fourth-order valence-corrected chi connectivity index (χ4v) is 2.89. The first-order valence-electron chi connectivity index (χ1n) is 6.72. The molecule has 2 rings (SSSR count). The molecule has 100 valence electrons. The van der Waals surface area contributed by atoms with Crippen molar-refractivity contribution in [3.8, 4) is 0 Å². The number of nitrogens with zero attached hydrogens (tertiary/aromatic N) is 2. The van der Waals surface area contributed by atoms with Crippen LogP contribution in [0.5, 0.6) is 0 Å². The SMILES string of the molecule is Cc1nc2sccn2c1CNC(C)CCC(C)C. The van der Waals surface area contributed by atoms with Crippen LogP contribution < -0.4 is 5.32 Å². The summed E-state index contributed by atoms with van der Waals surface area (Å²) in [6, 6.07) is 0.566. The van der Waals surface area contributed by atoms with Crippen LogP contribution in [-0.2, 0) is 6.54 Å². The lowest BCUT2D eigenvalue weighted by Gasteiger charge is -2.15. The Balaban J connectivity index is 1.93. The Morgan fingerprint density at radius 1 is 1.33 bits per heavy atom. The molecule has 2 aromatic rings. The van der Waals surface area contributed by atoms with E-state index in [0.29, 0.717) is 6.04 Å². The van der Waals surface area contributed by atoms with E-state index in [9.17, 15) is 0 Å². The number of hydrogen-bond donors (Lipinski definition) is 1. The van der Waals surface area contributed by atoms with E-state index in [1.54, 1.807) is 11.3 Å². The third kappa shape index (κ3) is 3.12. The van der Waals surface area contributed by atoms with Gasteiger partial charge in [0.25, 0.3) is 0 Å². The smallest absolute Gasteiger partial charge is 0.194 e. The molecule has 0 aliphatic carbocycles. The molecule has 0 bridgehead atoms. The second-order valence-electron chi connectivity index (χ2n) is 5.45. The van der Waals surface area contributed by atoms with Gasteiger partial charge < -0.3 is 5.32 Å². The molecule has 1 N–H and O–H groups in total. The molecule has 0 saturated heterocycles. The Morgan fingerprint density at radius 3 is 2.83 bits per heavy atom. The van der Waals surface area contributed by atoms with Crippen molar-refractivity contribution < 1.29 is 0 Å². The van der Waals surface area contributed by atoms with E-state index in [1.807, 2.05) is 0 Å². The van der Waals surface area contributed by atoms with Crippen LogP contribution in [0.15, 0.2) is 11.6 Å². The van der Waals surface area contributed by atoms with Gasteiger partial charge in [0, 0.05) is 24.2 Å². The monoisotopic (exact) mass is 265 g/mol. The van der Waals surface area contributed by atoms with E-state index in [2.05, 4.69) is 54.0 Å². The maximum absolute atomic E-state index is 4.57. The number of aryl methyl sites for hydroxylation is 1. The van der Waals surface area contributed by atoms with Gasteiger partial charge in [-0.15, -0.1) is 11.3 Å². The van der Waals surface area contributed by atoms with Crippen molar-refractivity contribution in [1.29, 1.82) is 0 Å². The Labute approximate surface area is 113 Å². The molecule has 0 radical (unpaired) electrons. The zero-order valence-corrected chi connectivity index (χ0v) is 12.5. The van der Waals surface area contributed by atoms with Gasteiger partial charge in [0.2, 0.25) is 0 Å². The fraction of sp³-hybridized carbons (Fsp3) is 0.643. The normalized spacial score (nSPS) is 13.6. The summed E-state index contributed by atoms with van der Waals surface area (Å²) in [6.07, 6.45) is 4.63. The van der Waals surface area contributed by atoms with E-state index in [-0.39, 0.29) is 0 Å². The number of hydrogen-bond acceptors (Lipinski definition) is 3. The number of rotatable bonds is 6. The van der Waals surface area contributed by atoms with Crippen LogP contribution in [-0.4, -0.2) is 15.4 Å². The Morgan fingerprint density at radius 2 is 2.11 bits per heavy atom. The molecule has 0 fully saturated rings. The lowest BCUT2D eigenvalue weighted by Crippen LogP contribution is -2.26. The summed E-state index contributed by atoms with van der Waals surface area (Å²) < 4.78 is 2.20.